The van der Waals surface area contributed by atoms with Gasteiger partial charge in [0.25, 0.3) is 0 Å². The Morgan fingerprint density at radius 1 is 1.20 bits per heavy atom. The number of hydrogen-bond acceptors (Lipinski definition) is 3. The standard InChI is InChI=1S/C16H18F4N4O/c1-22-14(16(18,19)20)21-24(15(22)25)12-6-8-23(9-7-12)10-11-4-2-3-5-13(11)17/h2-5,12H,6-10H2,1H3. The molecule has 0 spiro atoms. The van der Waals surface area contributed by atoms with Crippen molar-refractivity contribution in [2.45, 2.75) is 31.6 Å². The first kappa shape index (κ1) is 17.7. The van der Waals surface area contributed by atoms with E-state index in [1.54, 1.807) is 18.2 Å². The Balaban J connectivity index is 1.69. The largest absolute Gasteiger partial charge is 0.451 e. The van der Waals surface area contributed by atoms with Gasteiger partial charge in [-0.1, -0.05) is 18.2 Å². The van der Waals surface area contributed by atoms with Crippen LogP contribution in [0, 0.1) is 5.82 Å². The lowest BCUT2D eigenvalue weighted by atomic mass is 10.0. The van der Waals surface area contributed by atoms with Crippen molar-refractivity contribution < 1.29 is 17.6 Å². The maximum atomic E-state index is 13.7. The first-order valence-corrected chi connectivity index (χ1v) is 7.96. The van der Waals surface area contributed by atoms with E-state index in [2.05, 4.69) is 5.10 Å². The van der Waals surface area contributed by atoms with Crippen molar-refractivity contribution in [2.24, 2.45) is 7.05 Å². The molecular weight excluding hydrogens is 340 g/mol. The molecule has 0 amide bonds. The van der Waals surface area contributed by atoms with Crippen molar-refractivity contribution in [3.63, 3.8) is 0 Å². The molecule has 2 aromatic rings. The zero-order chi connectivity index (χ0) is 18.2. The molecule has 0 atom stereocenters. The van der Waals surface area contributed by atoms with Crippen molar-refractivity contribution in [1.29, 1.82) is 0 Å². The molecule has 0 saturated carbocycles. The third-order valence-electron chi connectivity index (χ3n) is 4.51. The molecule has 0 N–H and O–H groups in total. The van der Waals surface area contributed by atoms with Gasteiger partial charge in [0.05, 0.1) is 6.04 Å². The Kier molecular flexibility index (Phi) is 4.68. The Morgan fingerprint density at radius 2 is 1.84 bits per heavy atom. The number of halogens is 4. The molecule has 25 heavy (non-hydrogen) atoms. The number of benzene rings is 1. The summed E-state index contributed by atoms with van der Waals surface area (Å²) in [6.07, 6.45) is -3.68. The molecule has 136 valence electrons. The van der Waals surface area contributed by atoms with Crippen LogP contribution in [0.3, 0.4) is 0 Å². The van der Waals surface area contributed by atoms with Crippen LogP contribution >= 0.6 is 0 Å². The number of likely N-dealkylation sites (tertiary alicyclic amines) is 1. The molecule has 0 bridgehead atoms. The SMILES string of the molecule is Cn1c(C(F)(F)F)nn(C2CCN(Cc3ccccc3F)CC2)c1=O. The lowest BCUT2D eigenvalue weighted by Crippen LogP contribution is -2.37. The van der Waals surface area contributed by atoms with Crippen molar-refractivity contribution >= 4 is 0 Å². The van der Waals surface area contributed by atoms with Crippen LogP contribution in [-0.4, -0.2) is 32.3 Å². The van der Waals surface area contributed by atoms with Crippen LogP contribution < -0.4 is 5.69 Å². The zero-order valence-electron chi connectivity index (χ0n) is 13.6. The minimum atomic E-state index is -4.66. The lowest BCUT2D eigenvalue weighted by Gasteiger charge is -2.31. The molecule has 9 heteroatoms. The van der Waals surface area contributed by atoms with Crippen LogP contribution in [0.2, 0.25) is 0 Å². The number of alkyl halides is 3. The molecule has 1 fully saturated rings. The van der Waals surface area contributed by atoms with Crippen LogP contribution in [-0.2, 0) is 19.8 Å². The average Bonchev–Trinajstić information content (AvgIpc) is 2.86. The van der Waals surface area contributed by atoms with E-state index in [4.69, 9.17) is 0 Å². The smallest absolute Gasteiger partial charge is 0.299 e. The zero-order valence-corrected chi connectivity index (χ0v) is 13.6. The number of hydrogen-bond donors (Lipinski definition) is 0. The molecule has 1 aromatic carbocycles. The van der Waals surface area contributed by atoms with Gasteiger partial charge in [0.1, 0.15) is 5.82 Å². The van der Waals surface area contributed by atoms with Gasteiger partial charge in [-0.05, 0) is 18.9 Å². The van der Waals surface area contributed by atoms with Crippen LogP contribution in [0.5, 0.6) is 0 Å². The summed E-state index contributed by atoms with van der Waals surface area (Å²) in [4.78, 5) is 14.1. The van der Waals surface area contributed by atoms with E-state index in [1.165, 1.54) is 6.07 Å². The molecular formula is C16H18F4N4O. The van der Waals surface area contributed by atoms with E-state index in [1.807, 2.05) is 4.90 Å². The van der Waals surface area contributed by atoms with Gasteiger partial charge in [0.15, 0.2) is 0 Å². The van der Waals surface area contributed by atoms with Crippen molar-refractivity contribution in [1.82, 2.24) is 19.2 Å². The minimum Gasteiger partial charge on any atom is -0.299 e. The molecule has 1 saturated heterocycles. The highest BCUT2D eigenvalue weighted by Gasteiger charge is 2.39. The number of rotatable bonds is 3. The van der Waals surface area contributed by atoms with Gasteiger partial charge in [0, 0.05) is 32.2 Å². The quantitative estimate of drug-likeness (QED) is 0.792. The summed E-state index contributed by atoms with van der Waals surface area (Å²) in [7, 11) is 1.07. The van der Waals surface area contributed by atoms with Gasteiger partial charge >= 0.3 is 11.9 Å². The highest BCUT2D eigenvalue weighted by Crippen LogP contribution is 2.28. The van der Waals surface area contributed by atoms with Crippen LogP contribution in [0.15, 0.2) is 29.1 Å². The summed E-state index contributed by atoms with van der Waals surface area (Å²) in [6.45, 7) is 1.55. The summed E-state index contributed by atoms with van der Waals surface area (Å²) in [5.41, 5.74) is -0.185. The first-order valence-electron chi connectivity index (χ1n) is 7.96. The fraction of sp³-hybridized carbons (Fsp3) is 0.500. The highest BCUT2D eigenvalue weighted by atomic mass is 19.4. The van der Waals surface area contributed by atoms with Gasteiger partial charge in [0.2, 0.25) is 5.82 Å². The Morgan fingerprint density at radius 3 is 2.40 bits per heavy atom. The lowest BCUT2D eigenvalue weighted by molar-refractivity contribution is -0.147. The maximum absolute atomic E-state index is 13.7. The van der Waals surface area contributed by atoms with Crippen LogP contribution in [0.1, 0.15) is 30.3 Å². The summed E-state index contributed by atoms with van der Waals surface area (Å²) in [5, 5.41) is 3.49. The molecule has 0 aliphatic carbocycles. The molecule has 1 aliphatic heterocycles. The second-order valence-corrected chi connectivity index (χ2v) is 6.21. The van der Waals surface area contributed by atoms with Crippen molar-refractivity contribution in [3.05, 3.63) is 52.0 Å². The second kappa shape index (κ2) is 6.62. The second-order valence-electron chi connectivity index (χ2n) is 6.21. The van der Waals surface area contributed by atoms with Gasteiger partial charge < -0.3 is 0 Å². The molecule has 0 unspecified atom stereocenters. The predicted octanol–water partition coefficient (Wildman–Crippen LogP) is 2.58. The fourth-order valence-corrected chi connectivity index (χ4v) is 3.13. The average molecular weight is 358 g/mol. The molecule has 1 aliphatic rings. The van der Waals surface area contributed by atoms with Gasteiger partial charge in [-0.15, -0.1) is 5.10 Å². The van der Waals surface area contributed by atoms with E-state index in [0.29, 0.717) is 42.6 Å². The van der Waals surface area contributed by atoms with E-state index in [0.717, 1.165) is 11.7 Å². The summed E-state index contributed by atoms with van der Waals surface area (Å²) < 4.78 is 53.8. The summed E-state index contributed by atoms with van der Waals surface area (Å²) in [5.74, 6) is -1.47. The molecule has 5 nitrogen and oxygen atoms in total. The van der Waals surface area contributed by atoms with Gasteiger partial charge in [-0.2, -0.15) is 13.2 Å². The number of aromatic nitrogens is 3. The third-order valence-corrected chi connectivity index (χ3v) is 4.51. The number of piperidine rings is 1. The topological polar surface area (TPSA) is 43.1 Å². The fourth-order valence-electron chi connectivity index (χ4n) is 3.13. The monoisotopic (exact) mass is 358 g/mol. The van der Waals surface area contributed by atoms with Gasteiger partial charge in [-0.25, -0.2) is 13.9 Å². The Labute approximate surface area is 141 Å². The third kappa shape index (κ3) is 3.60. The molecule has 2 heterocycles. The highest BCUT2D eigenvalue weighted by molar-refractivity contribution is 5.17. The predicted molar refractivity (Wildman–Crippen MR) is 82.4 cm³/mol. The normalized spacial score (nSPS) is 17.2. The summed E-state index contributed by atoms with van der Waals surface area (Å²) in [6, 6.07) is 6.11. The Bertz CT molecular complexity index is 803. The van der Waals surface area contributed by atoms with E-state index in [9.17, 15) is 22.4 Å². The molecule has 3 rings (SSSR count). The Hall–Kier alpha value is -2.16. The van der Waals surface area contributed by atoms with E-state index < -0.39 is 17.7 Å². The van der Waals surface area contributed by atoms with Crippen LogP contribution in [0.4, 0.5) is 17.6 Å². The first-order chi connectivity index (χ1) is 11.8. The minimum absolute atomic E-state index is 0.277. The summed E-state index contributed by atoms with van der Waals surface area (Å²) >= 11 is 0. The van der Waals surface area contributed by atoms with E-state index >= 15 is 0 Å². The molecule has 1 aromatic heterocycles. The maximum Gasteiger partial charge on any atom is 0.451 e. The van der Waals surface area contributed by atoms with Crippen molar-refractivity contribution in [3.8, 4) is 0 Å². The van der Waals surface area contributed by atoms with E-state index in [-0.39, 0.29) is 11.9 Å². The van der Waals surface area contributed by atoms with Crippen LogP contribution in [0.25, 0.3) is 0 Å². The molecule has 0 radical (unpaired) electrons. The number of nitrogens with zero attached hydrogens (tertiary/aromatic N) is 4. The van der Waals surface area contributed by atoms with Crippen molar-refractivity contribution in [2.75, 3.05) is 13.1 Å². The van der Waals surface area contributed by atoms with Gasteiger partial charge in [-0.3, -0.25) is 9.47 Å².